The first-order chi connectivity index (χ1) is 6.42. The molecule has 0 aliphatic carbocycles. The third-order valence-corrected chi connectivity index (χ3v) is 1.71. The molecule has 0 saturated carbocycles. The summed E-state index contributed by atoms with van der Waals surface area (Å²) in [6, 6.07) is 9.55. The van der Waals surface area contributed by atoms with Crippen LogP contribution in [0.25, 0.3) is 11.3 Å². The molecule has 1 aromatic carbocycles. The van der Waals surface area contributed by atoms with Crippen molar-refractivity contribution < 1.29 is 0 Å². The van der Waals surface area contributed by atoms with E-state index in [1.165, 1.54) is 4.68 Å². The number of benzene rings is 1. The number of hydrogen-bond acceptors (Lipinski definition) is 3. The van der Waals surface area contributed by atoms with Crippen molar-refractivity contribution in [2.24, 2.45) is 0 Å². The van der Waals surface area contributed by atoms with Crippen molar-refractivity contribution in [3.8, 4) is 17.5 Å². The van der Waals surface area contributed by atoms with E-state index < -0.39 is 0 Å². The number of nitriles is 1. The van der Waals surface area contributed by atoms with Crippen molar-refractivity contribution in [2.45, 2.75) is 0 Å². The highest BCUT2D eigenvalue weighted by atomic mass is 15.4. The first kappa shape index (κ1) is 7.50. The lowest BCUT2D eigenvalue weighted by atomic mass is 10.2. The Labute approximate surface area is 75.0 Å². The summed E-state index contributed by atoms with van der Waals surface area (Å²) in [4.78, 5) is 0. The fourth-order valence-corrected chi connectivity index (χ4v) is 1.11. The standard InChI is InChI=1S/C9H6N4/c10-7-13-9(6-11-12-13)8-4-2-1-3-5-8/h1-6H. The molecule has 13 heavy (non-hydrogen) atoms. The van der Waals surface area contributed by atoms with E-state index in [4.69, 9.17) is 5.26 Å². The Bertz CT molecular complexity index is 438. The number of hydrogen-bond donors (Lipinski definition) is 0. The van der Waals surface area contributed by atoms with Gasteiger partial charge in [0.1, 0.15) is 5.69 Å². The van der Waals surface area contributed by atoms with Crippen molar-refractivity contribution in [3.63, 3.8) is 0 Å². The maximum absolute atomic E-state index is 8.68. The molecule has 1 heterocycles. The lowest BCUT2D eigenvalue weighted by Crippen LogP contribution is -1.93. The topological polar surface area (TPSA) is 54.5 Å². The molecule has 0 atom stereocenters. The van der Waals surface area contributed by atoms with Crippen molar-refractivity contribution in [1.29, 1.82) is 5.26 Å². The zero-order valence-corrected chi connectivity index (χ0v) is 6.75. The first-order valence-electron chi connectivity index (χ1n) is 3.78. The average Bonchev–Trinajstić information content (AvgIpc) is 2.67. The fraction of sp³-hybridized carbons (Fsp3) is 0. The van der Waals surface area contributed by atoms with Gasteiger partial charge in [0.25, 0.3) is 0 Å². The number of nitrogens with zero attached hydrogens (tertiary/aromatic N) is 4. The van der Waals surface area contributed by atoms with Gasteiger partial charge in [-0.25, -0.2) is 0 Å². The smallest absolute Gasteiger partial charge is 0.170 e. The van der Waals surface area contributed by atoms with Gasteiger partial charge < -0.3 is 0 Å². The van der Waals surface area contributed by atoms with Crippen LogP contribution >= 0.6 is 0 Å². The third-order valence-electron chi connectivity index (χ3n) is 1.71. The van der Waals surface area contributed by atoms with Gasteiger partial charge in [-0.2, -0.15) is 5.26 Å². The van der Waals surface area contributed by atoms with Gasteiger partial charge >= 0.3 is 0 Å². The highest BCUT2D eigenvalue weighted by Crippen LogP contribution is 2.15. The zero-order valence-electron chi connectivity index (χ0n) is 6.75. The van der Waals surface area contributed by atoms with E-state index in [2.05, 4.69) is 10.3 Å². The molecule has 0 bridgehead atoms. The highest BCUT2D eigenvalue weighted by Gasteiger charge is 2.03. The molecular weight excluding hydrogens is 164 g/mol. The highest BCUT2D eigenvalue weighted by molar-refractivity contribution is 5.58. The van der Waals surface area contributed by atoms with Gasteiger partial charge in [0.15, 0.2) is 0 Å². The fourth-order valence-electron chi connectivity index (χ4n) is 1.11. The van der Waals surface area contributed by atoms with E-state index in [9.17, 15) is 0 Å². The van der Waals surface area contributed by atoms with Gasteiger partial charge in [0.05, 0.1) is 6.20 Å². The Kier molecular flexibility index (Phi) is 1.77. The minimum Gasteiger partial charge on any atom is -0.170 e. The van der Waals surface area contributed by atoms with Gasteiger partial charge in [-0.05, 0) is 0 Å². The normalized spacial score (nSPS) is 9.46. The Morgan fingerprint density at radius 2 is 2.00 bits per heavy atom. The molecule has 0 spiro atoms. The lowest BCUT2D eigenvalue weighted by Gasteiger charge is -1.95. The van der Waals surface area contributed by atoms with Crippen molar-refractivity contribution >= 4 is 0 Å². The molecule has 0 aliphatic heterocycles. The van der Waals surface area contributed by atoms with Gasteiger partial charge in [0.2, 0.25) is 6.19 Å². The number of rotatable bonds is 1. The Hall–Kier alpha value is -2.15. The summed E-state index contributed by atoms with van der Waals surface area (Å²) < 4.78 is 1.19. The zero-order chi connectivity index (χ0) is 9.10. The SMILES string of the molecule is N#Cn1nncc1-c1ccccc1. The molecule has 1 aromatic heterocycles. The monoisotopic (exact) mass is 170 g/mol. The minimum atomic E-state index is 0.711. The Morgan fingerprint density at radius 3 is 2.69 bits per heavy atom. The Morgan fingerprint density at radius 1 is 1.23 bits per heavy atom. The van der Waals surface area contributed by atoms with Crippen LogP contribution in [0.1, 0.15) is 0 Å². The summed E-state index contributed by atoms with van der Waals surface area (Å²) in [5.74, 6) is 0. The third kappa shape index (κ3) is 1.27. The average molecular weight is 170 g/mol. The van der Waals surface area contributed by atoms with Gasteiger partial charge in [-0.15, -0.1) is 9.78 Å². The van der Waals surface area contributed by atoms with E-state index in [1.807, 2.05) is 36.5 Å². The molecule has 0 fully saturated rings. The number of aromatic nitrogens is 3. The predicted octanol–water partition coefficient (Wildman–Crippen LogP) is 1.27. The van der Waals surface area contributed by atoms with E-state index in [-0.39, 0.29) is 0 Å². The summed E-state index contributed by atoms with van der Waals surface area (Å²) in [5.41, 5.74) is 1.65. The maximum atomic E-state index is 8.68. The molecule has 0 radical (unpaired) electrons. The van der Waals surface area contributed by atoms with Gasteiger partial charge in [-0.3, -0.25) is 0 Å². The van der Waals surface area contributed by atoms with Crippen LogP contribution < -0.4 is 0 Å². The lowest BCUT2D eigenvalue weighted by molar-refractivity contribution is 0.820. The minimum absolute atomic E-state index is 0.711. The van der Waals surface area contributed by atoms with Gasteiger partial charge in [-0.1, -0.05) is 35.5 Å². The van der Waals surface area contributed by atoms with Crippen molar-refractivity contribution in [3.05, 3.63) is 36.5 Å². The molecule has 4 nitrogen and oxygen atoms in total. The molecule has 4 heteroatoms. The van der Waals surface area contributed by atoms with E-state index >= 15 is 0 Å². The molecule has 0 saturated heterocycles. The summed E-state index contributed by atoms with van der Waals surface area (Å²) in [6.45, 7) is 0. The Balaban J connectivity index is 2.54. The van der Waals surface area contributed by atoms with Crippen LogP contribution in [0.15, 0.2) is 36.5 Å². The summed E-state index contributed by atoms with van der Waals surface area (Å²) >= 11 is 0. The summed E-state index contributed by atoms with van der Waals surface area (Å²) in [6.07, 6.45) is 3.49. The molecule has 62 valence electrons. The summed E-state index contributed by atoms with van der Waals surface area (Å²) in [7, 11) is 0. The van der Waals surface area contributed by atoms with Crippen LogP contribution in [-0.4, -0.2) is 15.0 Å². The molecule has 0 amide bonds. The molecule has 0 N–H and O–H groups in total. The van der Waals surface area contributed by atoms with Crippen molar-refractivity contribution in [1.82, 2.24) is 15.0 Å². The van der Waals surface area contributed by atoms with Crippen LogP contribution in [0, 0.1) is 11.5 Å². The second kappa shape index (κ2) is 3.07. The van der Waals surface area contributed by atoms with Crippen molar-refractivity contribution in [2.75, 3.05) is 0 Å². The van der Waals surface area contributed by atoms with Crippen LogP contribution in [0.3, 0.4) is 0 Å². The molecule has 2 aromatic rings. The maximum Gasteiger partial charge on any atom is 0.208 e. The molecule has 2 rings (SSSR count). The predicted molar refractivity (Wildman–Crippen MR) is 46.5 cm³/mol. The van der Waals surface area contributed by atoms with Crippen LogP contribution in [0.4, 0.5) is 0 Å². The van der Waals surface area contributed by atoms with Crippen LogP contribution in [0.2, 0.25) is 0 Å². The van der Waals surface area contributed by atoms with Crippen LogP contribution in [0.5, 0.6) is 0 Å². The second-order valence-corrected chi connectivity index (χ2v) is 2.50. The molecule has 0 aliphatic rings. The molecular formula is C9H6N4. The first-order valence-corrected chi connectivity index (χ1v) is 3.78. The van der Waals surface area contributed by atoms with E-state index in [0.29, 0.717) is 5.69 Å². The summed E-state index contributed by atoms with van der Waals surface area (Å²) in [5, 5.41) is 16.0. The van der Waals surface area contributed by atoms with E-state index in [0.717, 1.165) is 5.56 Å². The quantitative estimate of drug-likeness (QED) is 0.647. The van der Waals surface area contributed by atoms with E-state index in [1.54, 1.807) is 6.20 Å². The largest absolute Gasteiger partial charge is 0.208 e. The van der Waals surface area contributed by atoms with Gasteiger partial charge in [0, 0.05) is 5.56 Å². The second-order valence-electron chi connectivity index (χ2n) is 2.50. The van der Waals surface area contributed by atoms with Crippen LogP contribution in [-0.2, 0) is 0 Å². The molecule has 0 unspecified atom stereocenters.